The number of aromatic nitrogens is 8. The lowest BCUT2D eigenvalue weighted by Gasteiger charge is -2.22. The lowest BCUT2D eigenvalue weighted by molar-refractivity contribution is 0.271. The zero-order valence-corrected chi connectivity index (χ0v) is 33.2. The maximum Gasteiger partial charge on any atom is 0.485 e. The summed E-state index contributed by atoms with van der Waals surface area (Å²) in [5.74, 6) is 2.24. The smallest absolute Gasteiger partial charge is 0.429 e. The van der Waals surface area contributed by atoms with Crippen molar-refractivity contribution in [2.24, 2.45) is 11.8 Å². The number of hydrogen-bond acceptors (Lipinski definition) is 12. The van der Waals surface area contributed by atoms with Crippen molar-refractivity contribution in [3.8, 4) is 22.8 Å². The summed E-state index contributed by atoms with van der Waals surface area (Å²) in [5.41, 5.74) is 3.72. The molecule has 4 N–H and O–H groups in total. The van der Waals surface area contributed by atoms with E-state index in [4.69, 9.17) is 5.02 Å². The second-order valence-corrected chi connectivity index (χ2v) is 18.6. The summed E-state index contributed by atoms with van der Waals surface area (Å²) in [5, 5.41) is 34.9. The van der Waals surface area contributed by atoms with Crippen molar-refractivity contribution in [2.45, 2.75) is 125 Å². The minimum atomic E-state index is -3.51. The van der Waals surface area contributed by atoms with E-state index in [2.05, 4.69) is 50.1 Å². The second-order valence-electron chi connectivity index (χ2n) is 14.8. The molecule has 4 aliphatic carbocycles. The standard InChI is InChI=1S/C18H25N5O2S.C15H21N5O2S.C3H6BO2/c1-19-26(24,25)16-10-7-14(11-13-5-3-2-4-6-13)17(12-16)18-20-22-23(21-18)15-8-9-15;1-16-23(21,22)13-8-7-12(9-11-5-3-2-4-6-11)14(10-13)15-17-19-20-18-15;5-4-6-3-1-2-3/h7,10,12-13,15,19H,2-6,8-9,11H2,1H3;7-8,10-11,16H,2-6,9H2,1H3,(H,17,18,19,20);3,5H,1-2H2. The number of H-pyrrole nitrogens is 1. The number of benzene rings is 2. The monoisotopic (exact) mass is 795 g/mol. The quantitative estimate of drug-likeness (QED) is 0.139. The van der Waals surface area contributed by atoms with Crippen molar-refractivity contribution in [2.75, 3.05) is 14.1 Å². The molecule has 8 rings (SSSR count). The number of rotatable bonds is 13. The molecule has 0 saturated heterocycles. The van der Waals surface area contributed by atoms with E-state index in [0.29, 0.717) is 35.6 Å². The highest BCUT2D eigenvalue weighted by atomic mass is 32.2. The van der Waals surface area contributed by atoms with Gasteiger partial charge in [-0.25, -0.2) is 26.3 Å². The topological polar surface area (TPSA) is 220 Å². The van der Waals surface area contributed by atoms with E-state index in [0.717, 1.165) is 68.5 Å². The first-order valence-corrected chi connectivity index (χ1v) is 22.3. The molecule has 0 aliphatic heterocycles. The lowest BCUT2D eigenvalue weighted by Crippen LogP contribution is -2.19. The van der Waals surface area contributed by atoms with Crippen LogP contribution >= 0.6 is 0 Å². The number of hydrogen-bond donors (Lipinski definition) is 4. The van der Waals surface area contributed by atoms with E-state index in [-0.39, 0.29) is 9.79 Å². The third-order valence-electron chi connectivity index (χ3n) is 10.7. The van der Waals surface area contributed by atoms with Gasteiger partial charge in [-0.15, -0.1) is 20.4 Å². The summed E-state index contributed by atoms with van der Waals surface area (Å²) >= 11 is 0. The Morgan fingerprint density at radius 2 is 1.27 bits per heavy atom. The van der Waals surface area contributed by atoms with Gasteiger partial charge in [-0.05, 0) is 110 Å². The van der Waals surface area contributed by atoms with Crippen LogP contribution < -0.4 is 9.44 Å². The van der Waals surface area contributed by atoms with Gasteiger partial charge in [0.05, 0.1) is 15.8 Å². The highest BCUT2D eigenvalue weighted by Gasteiger charge is 2.28. The van der Waals surface area contributed by atoms with Gasteiger partial charge in [-0.3, -0.25) is 0 Å². The molecule has 1 radical (unpaired) electrons. The van der Waals surface area contributed by atoms with E-state index < -0.39 is 20.0 Å². The fourth-order valence-electron chi connectivity index (χ4n) is 7.22. The van der Waals surface area contributed by atoms with Gasteiger partial charge < -0.3 is 9.68 Å². The summed E-state index contributed by atoms with van der Waals surface area (Å²) in [4.78, 5) is 2.12. The molecule has 16 nitrogen and oxygen atoms in total. The van der Waals surface area contributed by atoms with E-state index in [9.17, 15) is 16.8 Å². The maximum atomic E-state index is 12.2. The molecule has 2 aromatic carbocycles. The normalized spacial score (nSPS) is 18.2. The summed E-state index contributed by atoms with van der Waals surface area (Å²) in [6.07, 6.45) is 19.2. The van der Waals surface area contributed by atoms with Gasteiger partial charge in [0.25, 0.3) is 0 Å². The van der Waals surface area contributed by atoms with Gasteiger partial charge in [0, 0.05) is 17.2 Å². The zero-order valence-electron chi connectivity index (χ0n) is 31.6. The fourth-order valence-corrected chi connectivity index (χ4v) is 8.73. The molecule has 4 aliphatic rings. The van der Waals surface area contributed by atoms with Crippen LogP contribution in [0.15, 0.2) is 46.2 Å². The first kappa shape index (κ1) is 41.0. The van der Waals surface area contributed by atoms with Crippen molar-refractivity contribution in [3.63, 3.8) is 0 Å². The van der Waals surface area contributed by atoms with Gasteiger partial charge >= 0.3 is 7.69 Å². The van der Waals surface area contributed by atoms with Crippen molar-refractivity contribution < 1.29 is 26.5 Å². The Morgan fingerprint density at radius 3 is 1.69 bits per heavy atom. The molecule has 0 unspecified atom stereocenters. The van der Waals surface area contributed by atoms with E-state index >= 15 is 0 Å². The molecular weight excluding hydrogens is 743 g/mol. The third kappa shape index (κ3) is 11.5. The van der Waals surface area contributed by atoms with Gasteiger partial charge in [-0.1, -0.05) is 76.3 Å². The summed E-state index contributed by atoms with van der Waals surface area (Å²) in [6.45, 7) is 0. The zero-order chi connectivity index (χ0) is 38.8. The molecule has 4 fully saturated rings. The average Bonchev–Trinajstić information content (AvgIpc) is 4.12. The van der Waals surface area contributed by atoms with E-state index in [1.165, 1.54) is 78.3 Å². The molecule has 4 aromatic rings. The fraction of sp³-hybridized carbons (Fsp3) is 0.611. The molecule has 55 heavy (non-hydrogen) atoms. The molecule has 0 atom stereocenters. The summed E-state index contributed by atoms with van der Waals surface area (Å²) in [7, 11) is -3.42. The highest BCUT2D eigenvalue weighted by Crippen LogP contribution is 2.35. The Bertz CT molecular complexity index is 2050. The summed E-state index contributed by atoms with van der Waals surface area (Å²) < 4.78 is 57.9. The number of sulfonamides is 2. The SMILES string of the molecule is CNS(=O)(=O)c1ccc(CC2CCCCC2)c(-c2nn[nH]n2)c1.CNS(=O)(=O)c1ccc(CC2CCCCC2)c(-c2nnn(C3CC3)n2)c1.O[B]OC1CC1. The van der Waals surface area contributed by atoms with E-state index in [1.807, 2.05) is 12.1 Å². The van der Waals surface area contributed by atoms with Gasteiger partial charge in [0.1, 0.15) is 0 Å². The van der Waals surface area contributed by atoms with Crippen molar-refractivity contribution in [1.29, 1.82) is 0 Å². The van der Waals surface area contributed by atoms with Crippen molar-refractivity contribution in [3.05, 3.63) is 47.5 Å². The first-order chi connectivity index (χ1) is 26.6. The molecule has 0 spiro atoms. The first-order valence-electron chi connectivity index (χ1n) is 19.4. The number of nitrogens with zero attached hydrogens (tertiary/aromatic N) is 7. The Balaban J connectivity index is 0.000000163. The predicted octanol–water partition coefficient (Wildman–Crippen LogP) is 4.30. The van der Waals surface area contributed by atoms with Crippen LogP contribution in [0.3, 0.4) is 0 Å². The minimum absolute atomic E-state index is 0.215. The molecule has 19 heteroatoms. The largest absolute Gasteiger partial charge is 0.485 e. The van der Waals surface area contributed by atoms with Crippen LogP contribution in [0, 0.1) is 11.8 Å². The molecular formula is C36H52BN10O6S2. The molecule has 2 heterocycles. The Hall–Kier alpha value is -3.62. The predicted molar refractivity (Wildman–Crippen MR) is 206 cm³/mol. The van der Waals surface area contributed by atoms with Crippen LogP contribution in [-0.2, 0) is 37.5 Å². The summed E-state index contributed by atoms with van der Waals surface area (Å²) in [6, 6.07) is 10.8. The van der Waals surface area contributed by atoms with Crippen LogP contribution in [0.25, 0.3) is 22.8 Å². The minimum Gasteiger partial charge on any atom is -0.429 e. The Morgan fingerprint density at radius 1 is 0.745 bits per heavy atom. The number of tetrazole rings is 2. The van der Waals surface area contributed by atoms with Crippen LogP contribution in [0.5, 0.6) is 0 Å². The van der Waals surface area contributed by atoms with Gasteiger partial charge in [0.15, 0.2) is 0 Å². The molecule has 2 aromatic heterocycles. The molecule has 4 saturated carbocycles. The van der Waals surface area contributed by atoms with E-state index in [1.54, 1.807) is 29.1 Å². The number of nitrogens with one attached hydrogen (secondary N) is 3. The average molecular weight is 796 g/mol. The number of aromatic amines is 1. The van der Waals surface area contributed by atoms with Crippen molar-refractivity contribution in [1.82, 2.24) is 50.3 Å². The molecule has 0 amide bonds. The van der Waals surface area contributed by atoms with Crippen LogP contribution in [0.4, 0.5) is 0 Å². The molecule has 0 bridgehead atoms. The van der Waals surface area contributed by atoms with Gasteiger partial charge in [0.2, 0.25) is 31.7 Å². The van der Waals surface area contributed by atoms with Gasteiger partial charge in [-0.2, -0.15) is 10.0 Å². The Kier molecular flexibility index (Phi) is 14.2. The lowest BCUT2D eigenvalue weighted by atomic mass is 9.84. The maximum absolute atomic E-state index is 12.2. The van der Waals surface area contributed by atoms with Crippen LogP contribution in [0.1, 0.15) is 107 Å². The molecule has 297 valence electrons. The Labute approximate surface area is 324 Å². The highest BCUT2D eigenvalue weighted by molar-refractivity contribution is 7.89. The van der Waals surface area contributed by atoms with Crippen molar-refractivity contribution >= 4 is 27.7 Å². The van der Waals surface area contributed by atoms with Crippen LogP contribution in [-0.4, -0.2) is 90.6 Å². The second kappa shape index (κ2) is 19.0. The third-order valence-corrected chi connectivity index (χ3v) is 13.5. The van der Waals surface area contributed by atoms with Crippen LogP contribution in [0.2, 0.25) is 0 Å².